The topological polar surface area (TPSA) is 83.8 Å². The van der Waals surface area contributed by atoms with E-state index in [0.717, 1.165) is 5.56 Å². The molecule has 0 bridgehead atoms. The van der Waals surface area contributed by atoms with Gasteiger partial charge in [0.15, 0.2) is 0 Å². The average Bonchev–Trinajstić information content (AvgIpc) is 2.59. The zero-order valence-corrected chi connectivity index (χ0v) is 12.3. The van der Waals surface area contributed by atoms with E-state index >= 15 is 0 Å². The van der Waals surface area contributed by atoms with Crippen molar-refractivity contribution in [3.05, 3.63) is 82.2 Å². The average molecular weight is 307 g/mol. The third kappa shape index (κ3) is 2.62. The number of hydrogen-bond acceptors (Lipinski definition) is 4. The van der Waals surface area contributed by atoms with E-state index in [1.165, 1.54) is 19.1 Å². The van der Waals surface area contributed by atoms with Crippen LogP contribution in [0.5, 0.6) is 0 Å². The highest BCUT2D eigenvalue weighted by molar-refractivity contribution is 6.05. The molecule has 2 heterocycles. The molecule has 0 N–H and O–H groups in total. The molecule has 0 unspecified atom stereocenters. The maximum atomic E-state index is 12.5. The van der Waals surface area contributed by atoms with Crippen molar-refractivity contribution in [1.82, 2.24) is 4.98 Å². The summed E-state index contributed by atoms with van der Waals surface area (Å²) in [4.78, 5) is 16.3. The first-order valence-corrected chi connectivity index (χ1v) is 6.96. The Labute approximate surface area is 132 Å². The molecule has 0 radical (unpaired) electrons. The molecular formula is C17H13N3O3. The van der Waals surface area contributed by atoms with Crippen molar-refractivity contribution < 1.29 is 14.3 Å². The zero-order valence-electron chi connectivity index (χ0n) is 12.3. The van der Waals surface area contributed by atoms with E-state index in [0.29, 0.717) is 9.46 Å². The summed E-state index contributed by atoms with van der Waals surface area (Å²) in [6, 6.07) is 9.89. The Hall–Kier alpha value is -3.28. The highest BCUT2D eigenvalue weighted by Gasteiger charge is 2.28. The van der Waals surface area contributed by atoms with Crippen molar-refractivity contribution in [3.8, 4) is 0 Å². The van der Waals surface area contributed by atoms with Crippen LogP contribution in [0.25, 0.3) is 17.1 Å². The highest BCUT2D eigenvalue weighted by Crippen LogP contribution is 2.10. The number of aromatic nitrogens is 3. The smallest absolute Gasteiger partial charge is 0.333 e. The van der Waals surface area contributed by atoms with Gasteiger partial charge >= 0.3 is 5.69 Å². The standard InChI is InChI=1S/C17H13N3O3/c1-12-17(16(21)9-8-13-5-4-10-18-11-13)20(23)15-7-3-2-6-14(15)19(12)22/h2-11H,1H3. The van der Waals surface area contributed by atoms with E-state index in [4.69, 9.17) is 0 Å². The van der Waals surface area contributed by atoms with Crippen LogP contribution >= 0.6 is 0 Å². The fraction of sp³-hybridized carbons (Fsp3) is 0.0588. The minimum absolute atomic E-state index is 0.0690. The number of pyridine rings is 1. The predicted molar refractivity (Wildman–Crippen MR) is 84.2 cm³/mol. The predicted octanol–water partition coefficient (Wildman–Crippen LogP) is 1.71. The number of rotatable bonds is 3. The Morgan fingerprint density at radius 1 is 1.09 bits per heavy atom. The fourth-order valence-corrected chi connectivity index (χ4v) is 2.36. The van der Waals surface area contributed by atoms with Gasteiger partial charge < -0.3 is 10.4 Å². The van der Waals surface area contributed by atoms with Crippen LogP contribution in [-0.4, -0.2) is 10.8 Å². The molecular weight excluding hydrogens is 294 g/mol. The molecule has 114 valence electrons. The second-order valence-corrected chi connectivity index (χ2v) is 5.00. The molecule has 6 heteroatoms. The van der Waals surface area contributed by atoms with Crippen LogP contribution in [0.1, 0.15) is 21.7 Å². The molecule has 3 rings (SSSR count). The SMILES string of the molecule is Cc1c(C(=O)C=Cc2cccnc2)[n+]([O-])c2ccccc2[n+]1[O-]. The molecule has 1 aromatic carbocycles. The van der Waals surface area contributed by atoms with Crippen LogP contribution in [0.4, 0.5) is 0 Å². The van der Waals surface area contributed by atoms with E-state index in [-0.39, 0.29) is 22.4 Å². The summed E-state index contributed by atoms with van der Waals surface area (Å²) in [5.74, 6) is -0.531. The number of allylic oxidation sites excluding steroid dienone is 1. The first kappa shape index (κ1) is 14.6. The molecule has 0 saturated carbocycles. The number of hydrogen-bond donors (Lipinski definition) is 0. The molecule has 0 atom stereocenters. The maximum Gasteiger partial charge on any atom is 0.333 e. The van der Waals surface area contributed by atoms with E-state index in [1.54, 1.807) is 48.8 Å². The molecule has 0 aliphatic heterocycles. The van der Waals surface area contributed by atoms with Crippen LogP contribution in [0, 0.1) is 17.3 Å². The van der Waals surface area contributed by atoms with Gasteiger partial charge in [0.05, 0.1) is 0 Å². The second-order valence-electron chi connectivity index (χ2n) is 5.00. The maximum absolute atomic E-state index is 12.5. The quantitative estimate of drug-likeness (QED) is 0.319. The van der Waals surface area contributed by atoms with Crippen LogP contribution in [-0.2, 0) is 0 Å². The van der Waals surface area contributed by atoms with Crippen molar-refractivity contribution in [2.45, 2.75) is 6.92 Å². The highest BCUT2D eigenvalue weighted by atomic mass is 16.5. The molecule has 0 saturated heterocycles. The summed E-state index contributed by atoms with van der Waals surface area (Å²) in [5, 5.41) is 24.7. The molecule has 0 fully saturated rings. The second kappa shape index (κ2) is 5.84. The first-order chi connectivity index (χ1) is 11.1. The summed E-state index contributed by atoms with van der Waals surface area (Å²) in [6.07, 6.45) is 6.04. The van der Waals surface area contributed by atoms with E-state index in [2.05, 4.69) is 4.98 Å². The van der Waals surface area contributed by atoms with Gasteiger partial charge in [0.2, 0.25) is 0 Å². The Kier molecular flexibility index (Phi) is 3.72. The van der Waals surface area contributed by atoms with Gasteiger partial charge in [-0.25, -0.2) is 0 Å². The summed E-state index contributed by atoms with van der Waals surface area (Å²) < 4.78 is 1.11. The van der Waals surface area contributed by atoms with E-state index in [1.807, 2.05) is 0 Å². The minimum Gasteiger partial charge on any atom is -0.618 e. The Bertz CT molecular complexity index is 921. The largest absolute Gasteiger partial charge is 0.618 e. The lowest BCUT2D eigenvalue weighted by molar-refractivity contribution is -0.635. The Morgan fingerprint density at radius 2 is 1.78 bits per heavy atom. The van der Waals surface area contributed by atoms with Gasteiger partial charge in [0.25, 0.3) is 22.5 Å². The molecule has 6 nitrogen and oxygen atoms in total. The lowest BCUT2D eigenvalue weighted by Crippen LogP contribution is -2.46. The Morgan fingerprint density at radius 3 is 2.43 bits per heavy atom. The van der Waals surface area contributed by atoms with Gasteiger partial charge in [-0.3, -0.25) is 9.78 Å². The van der Waals surface area contributed by atoms with Gasteiger partial charge in [-0.1, -0.05) is 18.2 Å². The van der Waals surface area contributed by atoms with Crippen LogP contribution in [0.2, 0.25) is 0 Å². The molecule has 0 amide bonds. The lowest BCUT2D eigenvalue weighted by atomic mass is 10.1. The molecule has 0 aliphatic carbocycles. The molecule has 0 spiro atoms. The third-order valence-electron chi connectivity index (χ3n) is 3.51. The molecule has 2 aromatic heterocycles. The summed E-state index contributed by atoms with van der Waals surface area (Å²) in [7, 11) is 0. The summed E-state index contributed by atoms with van der Waals surface area (Å²) >= 11 is 0. The van der Waals surface area contributed by atoms with Crippen LogP contribution in [0.15, 0.2) is 54.9 Å². The Balaban J connectivity index is 2.09. The van der Waals surface area contributed by atoms with Gasteiger partial charge in [-0.15, -0.1) is 0 Å². The van der Waals surface area contributed by atoms with Crippen molar-refractivity contribution in [3.63, 3.8) is 0 Å². The lowest BCUT2D eigenvalue weighted by Gasteiger charge is -2.09. The number of ketones is 1. The van der Waals surface area contributed by atoms with Gasteiger partial charge in [0, 0.05) is 31.5 Å². The summed E-state index contributed by atoms with van der Waals surface area (Å²) in [5.41, 5.74) is 1.00. The number of nitrogens with zero attached hydrogens (tertiary/aromatic N) is 3. The number of fused-ring (bicyclic) bond motifs is 1. The molecule has 3 aromatic rings. The number of benzene rings is 1. The van der Waals surface area contributed by atoms with Gasteiger partial charge in [-0.05, 0) is 23.8 Å². The van der Waals surface area contributed by atoms with Crippen LogP contribution in [0.3, 0.4) is 0 Å². The number of carbonyl (C=O) groups is 1. The monoisotopic (exact) mass is 307 g/mol. The van der Waals surface area contributed by atoms with Crippen molar-refractivity contribution in [1.29, 1.82) is 0 Å². The van der Waals surface area contributed by atoms with Crippen LogP contribution < -0.4 is 9.46 Å². The normalized spacial score (nSPS) is 11.2. The third-order valence-corrected chi connectivity index (χ3v) is 3.51. The van der Waals surface area contributed by atoms with Crippen molar-refractivity contribution in [2.75, 3.05) is 0 Å². The molecule has 23 heavy (non-hydrogen) atoms. The van der Waals surface area contributed by atoms with E-state index in [9.17, 15) is 15.2 Å². The molecule has 0 aliphatic rings. The minimum atomic E-state index is -0.531. The van der Waals surface area contributed by atoms with Crippen molar-refractivity contribution in [2.24, 2.45) is 0 Å². The van der Waals surface area contributed by atoms with Gasteiger partial charge in [0.1, 0.15) is 0 Å². The number of carbonyl (C=O) groups excluding carboxylic acids is 1. The fourth-order valence-electron chi connectivity index (χ4n) is 2.36. The van der Waals surface area contributed by atoms with E-state index < -0.39 is 5.78 Å². The van der Waals surface area contributed by atoms with Gasteiger partial charge in [-0.2, -0.15) is 9.46 Å². The number of para-hydroxylation sites is 2. The van der Waals surface area contributed by atoms with Crippen molar-refractivity contribution >= 4 is 22.9 Å². The summed E-state index contributed by atoms with van der Waals surface area (Å²) in [6.45, 7) is 1.46. The zero-order chi connectivity index (χ0) is 16.4. The first-order valence-electron chi connectivity index (χ1n) is 6.96.